The van der Waals surface area contributed by atoms with Gasteiger partial charge in [-0.3, -0.25) is 20.0 Å². The molecule has 1 aliphatic heterocycles. The van der Waals surface area contributed by atoms with Crippen LogP contribution in [0.1, 0.15) is 11.3 Å². The largest absolute Gasteiger partial charge is 0.364 e. The second-order valence-corrected chi connectivity index (χ2v) is 6.04. The van der Waals surface area contributed by atoms with Crippen LogP contribution in [0.4, 0.5) is 5.69 Å². The van der Waals surface area contributed by atoms with Crippen LogP contribution < -0.4 is 5.32 Å². The number of para-hydroxylation sites is 1. The van der Waals surface area contributed by atoms with E-state index in [1.54, 1.807) is 31.5 Å². The van der Waals surface area contributed by atoms with Crippen molar-refractivity contribution in [3.63, 3.8) is 0 Å². The van der Waals surface area contributed by atoms with Crippen molar-refractivity contribution in [3.8, 4) is 0 Å². The molecule has 26 heavy (non-hydrogen) atoms. The van der Waals surface area contributed by atoms with Gasteiger partial charge in [-0.1, -0.05) is 23.4 Å². The van der Waals surface area contributed by atoms with Gasteiger partial charge in [0.1, 0.15) is 6.26 Å². The molecule has 138 valence electrons. The monoisotopic (exact) mass is 358 g/mol. The van der Waals surface area contributed by atoms with Crippen molar-refractivity contribution in [2.75, 3.05) is 33.2 Å². The van der Waals surface area contributed by atoms with E-state index >= 15 is 0 Å². The summed E-state index contributed by atoms with van der Waals surface area (Å²) in [5, 5.41) is 18.3. The number of piperazine rings is 1. The molecule has 1 aromatic carbocycles. The summed E-state index contributed by atoms with van der Waals surface area (Å²) in [6.07, 6.45) is 1.58. The third-order valence-corrected chi connectivity index (χ3v) is 4.39. The maximum atomic E-state index is 11.1. The summed E-state index contributed by atoms with van der Waals surface area (Å²) < 4.78 is 4.87. The highest BCUT2D eigenvalue weighted by atomic mass is 16.6. The van der Waals surface area contributed by atoms with Gasteiger partial charge < -0.3 is 14.7 Å². The Balaban J connectivity index is 1.53. The normalized spacial score (nSPS) is 15.9. The zero-order valence-electron chi connectivity index (χ0n) is 14.7. The highest BCUT2D eigenvalue weighted by molar-refractivity contribution is 5.80. The first-order chi connectivity index (χ1) is 12.7. The van der Waals surface area contributed by atoms with Gasteiger partial charge in [0.05, 0.1) is 10.6 Å². The van der Waals surface area contributed by atoms with Crippen LogP contribution >= 0.6 is 0 Å². The van der Waals surface area contributed by atoms with E-state index in [0.717, 1.165) is 44.4 Å². The van der Waals surface area contributed by atoms with Crippen LogP contribution in [0.15, 0.2) is 46.1 Å². The number of nitro groups is 1. The fourth-order valence-corrected chi connectivity index (χ4v) is 3.01. The summed E-state index contributed by atoms with van der Waals surface area (Å²) in [5.74, 6) is 0.754. The summed E-state index contributed by atoms with van der Waals surface area (Å²) in [4.78, 5) is 19.6. The molecule has 0 atom stereocenters. The number of nitrogens with zero attached hydrogens (tertiary/aromatic N) is 5. The summed E-state index contributed by atoms with van der Waals surface area (Å²) in [7, 11) is 1.73. The SMILES string of the molecule is CN=C(NCc1ccccc1[N+](=O)[O-])N1CCN(Cc2ccon2)CC1. The molecular weight excluding hydrogens is 336 g/mol. The zero-order chi connectivity index (χ0) is 18.4. The van der Waals surface area contributed by atoms with Crippen LogP contribution in [0.3, 0.4) is 0 Å². The fraction of sp³-hybridized carbons (Fsp3) is 0.412. The number of aromatic nitrogens is 1. The van der Waals surface area contributed by atoms with Gasteiger partial charge in [-0.25, -0.2) is 0 Å². The number of nitrogens with one attached hydrogen (secondary N) is 1. The second kappa shape index (κ2) is 8.43. The average Bonchev–Trinajstić information content (AvgIpc) is 3.17. The molecule has 1 fully saturated rings. The van der Waals surface area contributed by atoms with Crippen molar-refractivity contribution >= 4 is 11.6 Å². The van der Waals surface area contributed by atoms with Gasteiger partial charge in [-0.2, -0.15) is 0 Å². The predicted molar refractivity (Wildman–Crippen MR) is 96.6 cm³/mol. The molecule has 2 heterocycles. The molecule has 3 rings (SSSR count). The first kappa shape index (κ1) is 17.9. The molecule has 9 heteroatoms. The molecule has 0 radical (unpaired) electrons. The van der Waals surface area contributed by atoms with Crippen molar-refractivity contribution in [2.45, 2.75) is 13.1 Å². The van der Waals surface area contributed by atoms with Crippen LogP contribution in [-0.4, -0.2) is 59.1 Å². The van der Waals surface area contributed by atoms with E-state index in [4.69, 9.17) is 4.52 Å². The maximum Gasteiger partial charge on any atom is 0.274 e. The summed E-state index contributed by atoms with van der Waals surface area (Å²) >= 11 is 0. The van der Waals surface area contributed by atoms with Crippen LogP contribution in [-0.2, 0) is 13.1 Å². The molecule has 0 amide bonds. The Hall–Kier alpha value is -2.94. The number of aliphatic imine (C=N–C) groups is 1. The first-order valence-corrected chi connectivity index (χ1v) is 8.47. The average molecular weight is 358 g/mol. The predicted octanol–water partition coefficient (Wildman–Crippen LogP) is 1.48. The van der Waals surface area contributed by atoms with Gasteiger partial charge in [-0.05, 0) is 0 Å². The highest BCUT2D eigenvalue weighted by Gasteiger charge is 2.21. The van der Waals surface area contributed by atoms with E-state index < -0.39 is 0 Å². The molecule has 0 unspecified atom stereocenters. The lowest BCUT2D eigenvalue weighted by molar-refractivity contribution is -0.385. The molecule has 1 aromatic heterocycles. The summed E-state index contributed by atoms with van der Waals surface area (Å²) in [5.41, 5.74) is 1.69. The second-order valence-electron chi connectivity index (χ2n) is 6.04. The number of hydrogen-bond donors (Lipinski definition) is 1. The van der Waals surface area contributed by atoms with Gasteiger partial charge in [0.25, 0.3) is 5.69 Å². The molecule has 2 aromatic rings. The highest BCUT2D eigenvalue weighted by Crippen LogP contribution is 2.17. The Kier molecular flexibility index (Phi) is 5.80. The third-order valence-electron chi connectivity index (χ3n) is 4.39. The van der Waals surface area contributed by atoms with Crippen LogP contribution in [0, 0.1) is 10.1 Å². The van der Waals surface area contributed by atoms with Gasteiger partial charge >= 0.3 is 0 Å². The van der Waals surface area contributed by atoms with Crippen LogP contribution in [0.25, 0.3) is 0 Å². The third kappa shape index (κ3) is 4.37. The fourth-order valence-electron chi connectivity index (χ4n) is 3.01. The first-order valence-electron chi connectivity index (χ1n) is 8.47. The Bertz CT molecular complexity index is 754. The molecule has 0 saturated carbocycles. The summed E-state index contributed by atoms with van der Waals surface area (Å²) in [6.45, 7) is 4.57. The van der Waals surface area contributed by atoms with E-state index in [1.807, 2.05) is 6.07 Å². The Labute approximate surface area is 151 Å². The van der Waals surface area contributed by atoms with E-state index in [-0.39, 0.29) is 10.6 Å². The van der Waals surface area contributed by atoms with Crippen molar-refractivity contribution in [3.05, 3.63) is 58.0 Å². The van der Waals surface area contributed by atoms with Gasteiger partial charge in [0, 0.05) is 64.0 Å². The number of nitro benzene ring substituents is 1. The molecular formula is C17H22N6O3. The molecule has 9 nitrogen and oxygen atoms in total. The van der Waals surface area contributed by atoms with Gasteiger partial charge in [0.2, 0.25) is 0 Å². The van der Waals surface area contributed by atoms with Crippen molar-refractivity contribution in [2.24, 2.45) is 4.99 Å². The topological polar surface area (TPSA) is 100 Å². The number of hydrogen-bond acceptors (Lipinski definition) is 6. The number of guanidine groups is 1. The lowest BCUT2D eigenvalue weighted by Gasteiger charge is -2.36. The van der Waals surface area contributed by atoms with Gasteiger partial charge in [-0.15, -0.1) is 0 Å². The molecule has 1 N–H and O–H groups in total. The molecule has 0 aliphatic carbocycles. The van der Waals surface area contributed by atoms with E-state index in [9.17, 15) is 10.1 Å². The Morgan fingerprint density at radius 1 is 1.31 bits per heavy atom. The maximum absolute atomic E-state index is 11.1. The van der Waals surface area contributed by atoms with Crippen LogP contribution in [0.2, 0.25) is 0 Å². The quantitative estimate of drug-likeness (QED) is 0.374. The van der Waals surface area contributed by atoms with Crippen molar-refractivity contribution in [1.29, 1.82) is 0 Å². The van der Waals surface area contributed by atoms with E-state index in [2.05, 4.69) is 25.3 Å². The summed E-state index contributed by atoms with van der Waals surface area (Å²) in [6, 6.07) is 8.62. The van der Waals surface area contributed by atoms with E-state index in [0.29, 0.717) is 12.1 Å². The lowest BCUT2D eigenvalue weighted by Crippen LogP contribution is -2.52. The molecule has 1 aliphatic rings. The Morgan fingerprint density at radius 3 is 2.73 bits per heavy atom. The standard InChI is InChI=1S/C17H22N6O3/c1-18-17(19-12-14-4-2-3-5-16(14)23(24)25)22-9-7-21(8-10-22)13-15-6-11-26-20-15/h2-6,11H,7-10,12-13H2,1H3,(H,18,19). The minimum absolute atomic E-state index is 0.118. The molecule has 1 saturated heterocycles. The lowest BCUT2D eigenvalue weighted by atomic mass is 10.2. The molecule has 0 spiro atoms. The minimum Gasteiger partial charge on any atom is -0.364 e. The zero-order valence-corrected chi connectivity index (χ0v) is 14.7. The van der Waals surface area contributed by atoms with Gasteiger partial charge in [0.15, 0.2) is 5.96 Å². The Morgan fingerprint density at radius 2 is 2.08 bits per heavy atom. The van der Waals surface area contributed by atoms with E-state index in [1.165, 1.54) is 6.07 Å². The van der Waals surface area contributed by atoms with Crippen LogP contribution in [0.5, 0.6) is 0 Å². The molecule has 0 bridgehead atoms. The number of rotatable bonds is 5. The van der Waals surface area contributed by atoms with Crippen molar-refractivity contribution in [1.82, 2.24) is 20.3 Å². The minimum atomic E-state index is -0.359. The number of benzene rings is 1. The van der Waals surface area contributed by atoms with Crippen molar-refractivity contribution < 1.29 is 9.45 Å². The smallest absolute Gasteiger partial charge is 0.274 e.